The molecule has 2 aromatic carbocycles. The smallest absolute Gasteiger partial charge is 0.259 e. The average Bonchev–Trinajstić information content (AvgIpc) is 2.63. The number of amides is 2. The molecule has 134 valence electrons. The Bertz CT molecular complexity index is 850. The summed E-state index contributed by atoms with van der Waals surface area (Å²) in [6, 6.07) is 11.6. The molecule has 0 saturated carbocycles. The molecule has 26 heavy (non-hydrogen) atoms. The van der Waals surface area contributed by atoms with Gasteiger partial charge in [-0.25, -0.2) is 5.43 Å². The van der Waals surface area contributed by atoms with Crippen molar-refractivity contribution in [2.45, 2.75) is 6.42 Å². The van der Waals surface area contributed by atoms with Crippen LogP contribution in [-0.2, 0) is 11.2 Å². The topological polar surface area (TPSA) is 90.8 Å². The minimum absolute atomic E-state index is 0.0830. The molecule has 2 amide bonds. The number of hydrogen-bond acceptors (Lipinski definition) is 4. The second-order valence-electron chi connectivity index (χ2n) is 5.33. The van der Waals surface area contributed by atoms with Gasteiger partial charge < -0.3 is 10.4 Å². The highest BCUT2D eigenvalue weighted by Gasteiger charge is 2.08. The Hall–Kier alpha value is -3.12. The molecule has 0 heterocycles. The Morgan fingerprint density at radius 2 is 2.00 bits per heavy atom. The Labute approximate surface area is 156 Å². The third kappa shape index (κ3) is 5.46. The van der Waals surface area contributed by atoms with Crippen LogP contribution in [0.1, 0.15) is 21.5 Å². The minimum atomic E-state index is -0.502. The van der Waals surface area contributed by atoms with E-state index in [1.807, 2.05) is 0 Å². The van der Waals surface area contributed by atoms with Crippen molar-refractivity contribution >= 4 is 29.6 Å². The molecule has 2 rings (SSSR count). The number of nitrogens with one attached hydrogen (secondary N) is 2. The highest BCUT2D eigenvalue weighted by molar-refractivity contribution is 6.30. The third-order valence-corrected chi connectivity index (χ3v) is 3.64. The summed E-state index contributed by atoms with van der Waals surface area (Å²) in [5, 5.41) is 16.8. The summed E-state index contributed by atoms with van der Waals surface area (Å²) in [5.41, 5.74) is 3.82. The van der Waals surface area contributed by atoms with Gasteiger partial charge in [0.05, 0.1) is 12.8 Å². The highest BCUT2D eigenvalue weighted by Crippen LogP contribution is 2.21. The molecule has 0 aliphatic carbocycles. The molecule has 7 heteroatoms. The fourth-order valence-electron chi connectivity index (χ4n) is 2.14. The number of allylic oxidation sites excluding steroid dienone is 1. The molecule has 0 saturated heterocycles. The molecule has 0 fully saturated rings. The molecule has 3 N–H and O–H groups in total. The van der Waals surface area contributed by atoms with Gasteiger partial charge in [-0.1, -0.05) is 35.9 Å². The second-order valence-corrected chi connectivity index (χ2v) is 5.77. The number of carbonyl (C=O) groups excluding carboxylic acids is 2. The summed E-state index contributed by atoms with van der Waals surface area (Å²) >= 11 is 5.82. The molecule has 0 aliphatic rings. The molecule has 0 bridgehead atoms. The van der Waals surface area contributed by atoms with Crippen LogP contribution in [0, 0.1) is 0 Å². The molecule has 0 atom stereocenters. The van der Waals surface area contributed by atoms with Crippen molar-refractivity contribution in [3.8, 4) is 5.75 Å². The van der Waals surface area contributed by atoms with Gasteiger partial charge in [0.25, 0.3) is 11.8 Å². The summed E-state index contributed by atoms with van der Waals surface area (Å²) < 4.78 is 0. The average molecular weight is 372 g/mol. The van der Waals surface area contributed by atoms with E-state index in [1.54, 1.807) is 42.5 Å². The number of carbonyl (C=O) groups is 2. The molecule has 6 nitrogen and oxygen atoms in total. The SMILES string of the molecule is C=CCc1cccc(/C=N/NC(=O)CNC(=O)c2cccc(Cl)c2)c1O. The molecule has 2 aromatic rings. The van der Waals surface area contributed by atoms with Crippen molar-refractivity contribution in [3.05, 3.63) is 76.8 Å². The molecule has 0 unspecified atom stereocenters. The maximum atomic E-state index is 11.9. The number of rotatable bonds is 7. The molecule has 0 aromatic heterocycles. The van der Waals surface area contributed by atoms with Crippen LogP contribution < -0.4 is 10.7 Å². The number of aromatic hydroxyl groups is 1. The van der Waals surface area contributed by atoms with Gasteiger partial charge in [0.15, 0.2) is 0 Å². The first-order chi connectivity index (χ1) is 12.5. The second kappa shape index (κ2) is 9.39. The van der Waals surface area contributed by atoms with Crippen LogP contribution in [0.25, 0.3) is 0 Å². The van der Waals surface area contributed by atoms with Crippen LogP contribution >= 0.6 is 11.6 Å². The van der Waals surface area contributed by atoms with Gasteiger partial charge in [-0.2, -0.15) is 5.10 Å². The molecule has 0 radical (unpaired) electrons. The van der Waals surface area contributed by atoms with Crippen LogP contribution in [0.15, 0.2) is 60.2 Å². The van der Waals surface area contributed by atoms with E-state index in [9.17, 15) is 14.7 Å². The van der Waals surface area contributed by atoms with E-state index in [0.717, 1.165) is 0 Å². The van der Waals surface area contributed by atoms with Crippen LogP contribution in [-0.4, -0.2) is 29.7 Å². The van der Waals surface area contributed by atoms with E-state index >= 15 is 0 Å². The van der Waals surface area contributed by atoms with Crippen molar-refractivity contribution in [1.82, 2.24) is 10.7 Å². The molecular weight excluding hydrogens is 354 g/mol. The zero-order valence-corrected chi connectivity index (χ0v) is 14.7. The quantitative estimate of drug-likeness (QED) is 0.397. The van der Waals surface area contributed by atoms with Crippen molar-refractivity contribution in [1.29, 1.82) is 0 Å². The van der Waals surface area contributed by atoms with E-state index < -0.39 is 11.8 Å². The molecule has 0 spiro atoms. The minimum Gasteiger partial charge on any atom is -0.507 e. The Morgan fingerprint density at radius 1 is 1.23 bits per heavy atom. The zero-order chi connectivity index (χ0) is 18.9. The van der Waals surface area contributed by atoms with Gasteiger partial charge in [0.1, 0.15) is 5.75 Å². The van der Waals surface area contributed by atoms with Gasteiger partial charge in [-0.05, 0) is 36.2 Å². The lowest BCUT2D eigenvalue weighted by Gasteiger charge is -2.06. The Morgan fingerprint density at radius 3 is 2.73 bits per heavy atom. The summed E-state index contributed by atoms with van der Waals surface area (Å²) in [6.07, 6.45) is 3.54. The highest BCUT2D eigenvalue weighted by atomic mass is 35.5. The van der Waals surface area contributed by atoms with E-state index in [-0.39, 0.29) is 12.3 Å². The van der Waals surface area contributed by atoms with Gasteiger partial charge in [0.2, 0.25) is 0 Å². The Balaban J connectivity index is 1.87. The molecule has 0 aliphatic heterocycles. The predicted octanol–water partition coefficient (Wildman–Crippen LogP) is 2.65. The molecular formula is C19H18ClN3O3. The number of phenols is 1. The summed E-state index contributed by atoms with van der Waals surface area (Å²) in [5.74, 6) is -0.834. The number of phenolic OH excluding ortho intramolecular Hbond substituents is 1. The Kier molecular flexibility index (Phi) is 6.93. The first-order valence-corrected chi connectivity index (χ1v) is 8.16. The largest absolute Gasteiger partial charge is 0.507 e. The van der Waals surface area contributed by atoms with E-state index in [0.29, 0.717) is 28.1 Å². The maximum Gasteiger partial charge on any atom is 0.259 e. The van der Waals surface area contributed by atoms with Gasteiger partial charge in [0, 0.05) is 16.1 Å². The normalized spacial score (nSPS) is 10.5. The van der Waals surface area contributed by atoms with Crippen molar-refractivity contribution in [2.75, 3.05) is 6.54 Å². The van der Waals surface area contributed by atoms with Crippen molar-refractivity contribution in [2.24, 2.45) is 5.10 Å². The summed E-state index contributed by atoms with van der Waals surface area (Å²) in [4.78, 5) is 23.7. The fraction of sp³-hybridized carbons (Fsp3) is 0.105. The first kappa shape index (κ1) is 19.2. The monoisotopic (exact) mass is 371 g/mol. The van der Waals surface area contributed by atoms with Crippen LogP contribution in [0.3, 0.4) is 0 Å². The lowest BCUT2D eigenvalue weighted by Crippen LogP contribution is -2.34. The summed E-state index contributed by atoms with van der Waals surface area (Å²) in [6.45, 7) is 3.38. The van der Waals surface area contributed by atoms with Crippen LogP contribution in [0.4, 0.5) is 0 Å². The number of halogens is 1. The first-order valence-electron chi connectivity index (χ1n) is 7.78. The van der Waals surface area contributed by atoms with E-state index in [1.165, 1.54) is 12.3 Å². The standard InChI is InChI=1S/C19H18ClN3O3/c1-2-5-13-6-3-8-15(18(13)25)11-22-23-17(24)12-21-19(26)14-7-4-9-16(20)10-14/h2-4,6-11,25H,1,5,12H2,(H,21,26)(H,23,24)/b22-11+. The number of para-hydroxylation sites is 1. The number of nitrogens with zero attached hydrogens (tertiary/aromatic N) is 1. The number of hydrogen-bond donors (Lipinski definition) is 3. The summed E-state index contributed by atoms with van der Waals surface area (Å²) in [7, 11) is 0. The van der Waals surface area contributed by atoms with Gasteiger partial charge in [-0.3, -0.25) is 9.59 Å². The van der Waals surface area contributed by atoms with Crippen molar-refractivity contribution in [3.63, 3.8) is 0 Å². The number of benzene rings is 2. The van der Waals surface area contributed by atoms with Crippen LogP contribution in [0.2, 0.25) is 5.02 Å². The predicted molar refractivity (Wildman–Crippen MR) is 102 cm³/mol. The lowest BCUT2D eigenvalue weighted by atomic mass is 10.1. The van der Waals surface area contributed by atoms with Crippen LogP contribution in [0.5, 0.6) is 5.75 Å². The van der Waals surface area contributed by atoms with Gasteiger partial charge in [-0.15, -0.1) is 6.58 Å². The third-order valence-electron chi connectivity index (χ3n) is 3.40. The lowest BCUT2D eigenvalue weighted by molar-refractivity contribution is -0.120. The van der Waals surface area contributed by atoms with E-state index in [2.05, 4.69) is 22.4 Å². The van der Waals surface area contributed by atoms with Crippen molar-refractivity contribution < 1.29 is 14.7 Å². The van der Waals surface area contributed by atoms with E-state index in [4.69, 9.17) is 11.6 Å². The number of hydrazone groups is 1. The zero-order valence-electron chi connectivity index (χ0n) is 13.9. The fourth-order valence-corrected chi connectivity index (χ4v) is 2.33. The van der Waals surface area contributed by atoms with Gasteiger partial charge >= 0.3 is 0 Å². The maximum absolute atomic E-state index is 11.9.